The van der Waals surface area contributed by atoms with Crippen LogP contribution in [0.3, 0.4) is 0 Å². The lowest BCUT2D eigenvalue weighted by molar-refractivity contribution is -0.384. The molecule has 0 unspecified atom stereocenters. The molecule has 1 aromatic carbocycles. The van der Waals surface area contributed by atoms with E-state index in [0.29, 0.717) is 38.8 Å². The van der Waals surface area contributed by atoms with E-state index in [-0.39, 0.29) is 11.7 Å². The minimum Gasteiger partial charge on any atom is -0.362 e. The molecule has 1 aromatic rings. The molecule has 1 heterocycles. The predicted molar refractivity (Wildman–Crippen MR) is 81.0 cm³/mol. The van der Waals surface area contributed by atoms with Crippen LogP contribution in [-0.4, -0.2) is 48.6 Å². The van der Waals surface area contributed by atoms with Crippen LogP contribution in [0.4, 0.5) is 29.3 Å². The number of hydrogen-bond acceptors (Lipinski definition) is 4. The SMILES string of the molecule is CCNC(=O)N1CCN(c2ccc(C(F)(F)F)cc2[N+](=O)[O-])CC1. The molecule has 7 nitrogen and oxygen atoms in total. The van der Waals surface area contributed by atoms with Gasteiger partial charge in [-0.2, -0.15) is 13.2 Å². The molecule has 0 bridgehead atoms. The fraction of sp³-hybridized carbons (Fsp3) is 0.500. The molecule has 1 aliphatic rings. The van der Waals surface area contributed by atoms with Gasteiger partial charge in [0.15, 0.2) is 0 Å². The van der Waals surface area contributed by atoms with Crippen LogP contribution in [0.2, 0.25) is 0 Å². The average molecular weight is 346 g/mol. The zero-order chi connectivity index (χ0) is 17.9. The van der Waals surface area contributed by atoms with E-state index in [2.05, 4.69) is 5.32 Å². The molecule has 0 aliphatic carbocycles. The quantitative estimate of drug-likeness (QED) is 0.674. The molecule has 24 heavy (non-hydrogen) atoms. The maximum Gasteiger partial charge on any atom is 0.416 e. The van der Waals surface area contributed by atoms with Crippen molar-refractivity contribution in [3.8, 4) is 0 Å². The van der Waals surface area contributed by atoms with E-state index in [0.717, 1.165) is 12.1 Å². The van der Waals surface area contributed by atoms with Gasteiger partial charge in [0.2, 0.25) is 0 Å². The molecule has 1 fully saturated rings. The second-order valence-corrected chi connectivity index (χ2v) is 5.27. The molecule has 2 amide bonds. The summed E-state index contributed by atoms with van der Waals surface area (Å²) in [6.45, 7) is 3.57. The second kappa shape index (κ2) is 6.93. The molecule has 1 saturated heterocycles. The first-order valence-corrected chi connectivity index (χ1v) is 7.37. The predicted octanol–water partition coefficient (Wildman–Crippen LogP) is 2.47. The maximum atomic E-state index is 12.7. The van der Waals surface area contributed by atoms with Gasteiger partial charge in [-0.3, -0.25) is 10.1 Å². The van der Waals surface area contributed by atoms with Crippen molar-refractivity contribution < 1.29 is 22.9 Å². The van der Waals surface area contributed by atoms with Crippen molar-refractivity contribution in [3.63, 3.8) is 0 Å². The molecular formula is C14H17F3N4O3. The number of halogens is 3. The Bertz CT molecular complexity index is 628. The number of benzene rings is 1. The Morgan fingerprint density at radius 3 is 2.42 bits per heavy atom. The highest BCUT2D eigenvalue weighted by atomic mass is 19.4. The van der Waals surface area contributed by atoms with Gasteiger partial charge in [-0.15, -0.1) is 0 Å². The van der Waals surface area contributed by atoms with E-state index in [1.807, 2.05) is 0 Å². The Kier molecular flexibility index (Phi) is 5.15. The molecule has 132 valence electrons. The number of rotatable bonds is 3. The molecule has 2 rings (SSSR count). The summed E-state index contributed by atoms with van der Waals surface area (Å²) in [4.78, 5) is 25.2. The Morgan fingerprint density at radius 1 is 1.29 bits per heavy atom. The number of carbonyl (C=O) groups is 1. The molecule has 1 aliphatic heterocycles. The lowest BCUT2D eigenvalue weighted by Crippen LogP contribution is -2.51. The highest BCUT2D eigenvalue weighted by Gasteiger charge is 2.34. The molecule has 0 radical (unpaired) electrons. The number of nitrogens with zero attached hydrogens (tertiary/aromatic N) is 3. The van der Waals surface area contributed by atoms with E-state index in [1.165, 1.54) is 0 Å². The van der Waals surface area contributed by atoms with Gasteiger partial charge in [0.25, 0.3) is 5.69 Å². The van der Waals surface area contributed by atoms with Gasteiger partial charge in [0.1, 0.15) is 5.69 Å². The summed E-state index contributed by atoms with van der Waals surface area (Å²) in [6.07, 6.45) is -4.64. The largest absolute Gasteiger partial charge is 0.416 e. The third kappa shape index (κ3) is 3.87. The van der Waals surface area contributed by atoms with Crippen LogP contribution in [0.1, 0.15) is 12.5 Å². The first-order valence-electron chi connectivity index (χ1n) is 7.37. The third-order valence-electron chi connectivity index (χ3n) is 3.74. The monoisotopic (exact) mass is 346 g/mol. The number of nitro groups is 1. The number of amides is 2. The summed E-state index contributed by atoms with van der Waals surface area (Å²) in [5.74, 6) is 0. The number of carbonyl (C=O) groups excluding carboxylic acids is 1. The summed E-state index contributed by atoms with van der Waals surface area (Å²) in [6, 6.07) is 2.27. The van der Waals surface area contributed by atoms with Crippen LogP contribution in [0, 0.1) is 10.1 Å². The van der Waals surface area contributed by atoms with E-state index in [1.54, 1.807) is 16.7 Å². The van der Waals surface area contributed by atoms with Crippen molar-refractivity contribution >= 4 is 17.4 Å². The van der Waals surface area contributed by atoms with Gasteiger partial charge in [-0.1, -0.05) is 0 Å². The molecule has 0 saturated carbocycles. The van der Waals surface area contributed by atoms with Gasteiger partial charge in [0, 0.05) is 38.8 Å². The Hall–Kier alpha value is -2.52. The number of urea groups is 1. The number of nitro benzene ring substituents is 1. The van der Waals surface area contributed by atoms with E-state index >= 15 is 0 Å². The number of hydrogen-bond donors (Lipinski definition) is 1. The Morgan fingerprint density at radius 2 is 1.92 bits per heavy atom. The minimum absolute atomic E-state index is 0.128. The van der Waals surface area contributed by atoms with Crippen LogP contribution < -0.4 is 10.2 Å². The van der Waals surface area contributed by atoms with E-state index in [4.69, 9.17) is 0 Å². The van der Waals surface area contributed by atoms with E-state index < -0.39 is 22.4 Å². The molecule has 1 N–H and O–H groups in total. The van der Waals surface area contributed by atoms with Gasteiger partial charge in [-0.05, 0) is 19.1 Å². The number of anilines is 1. The first kappa shape index (κ1) is 17.8. The summed E-state index contributed by atoms with van der Waals surface area (Å²) in [5.41, 5.74) is -1.52. The van der Waals surface area contributed by atoms with E-state index in [9.17, 15) is 28.1 Å². The topological polar surface area (TPSA) is 78.7 Å². The molecule has 0 atom stereocenters. The van der Waals surface area contributed by atoms with Crippen LogP contribution >= 0.6 is 0 Å². The summed E-state index contributed by atoms with van der Waals surface area (Å²) >= 11 is 0. The standard InChI is InChI=1S/C14H17F3N4O3/c1-2-18-13(22)20-7-5-19(6-8-20)11-4-3-10(14(15,16)17)9-12(11)21(23)24/h3-4,9H,2,5-8H2,1H3,(H,18,22). The van der Waals surface area contributed by atoms with Crippen molar-refractivity contribution in [2.75, 3.05) is 37.6 Å². The minimum atomic E-state index is -4.64. The lowest BCUT2D eigenvalue weighted by Gasteiger charge is -2.35. The van der Waals surface area contributed by atoms with Crippen LogP contribution in [0.5, 0.6) is 0 Å². The fourth-order valence-electron chi connectivity index (χ4n) is 2.53. The molecule has 10 heteroatoms. The van der Waals surface area contributed by atoms with Gasteiger partial charge < -0.3 is 15.1 Å². The zero-order valence-electron chi connectivity index (χ0n) is 13.0. The van der Waals surface area contributed by atoms with Crippen LogP contribution in [-0.2, 0) is 6.18 Å². The number of nitrogens with one attached hydrogen (secondary N) is 1. The highest BCUT2D eigenvalue weighted by Crippen LogP contribution is 2.36. The average Bonchev–Trinajstić information content (AvgIpc) is 2.53. The molecule has 0 spiro atoms. The van der Waals surface area contributed by atoms with Gasteiger partial charge >= 0.3 is 12.2 Å². The van der Waals surface area contributed by atoms with Crippen molar-refractivity contribution in [2.24, 2.45) is 0 Å². The van der Waals surface area contributed by atoms with Gasteiger partial charge in [0.05, 0.1) is 10.5 Å². The summed E-state index contributed by atoms with van der Waals surface area (Å²) in [5, 5.41) is 13.8. The summed E-state index contributed by atoms with van der Waals surface area (Å²) in [7, 11) is 0. The smallest absolute Gasteiger partial charge is 0.362 e. The zero-order valence-corrected chi connectivity index (χ0v) is 13.0. The molecular weight excluding hydrogens is 329 g/mol. The van der Waals surface area contributed by atoms with Crippen molar-refractivity contribution in [2.45, 2.75) is 13.1 Å². The van der Waals surface area contributed by atoms with Crippen LogP contribution in [0.25, 0.3) is 0 Å². The first-order chi connectivity index (χ1) is 11.2. The number of piperazine rings is 1. The normalized spacial score (nSPS) is 15.3. The third-order valence-corrected chi connectivity index (χ3v) is 3.74. The van der Waals surface area contributed by atoms with Crippen molar-refractivity contribution in [3.05, 3.63) is 33.9 Å². The Balaban J connectivity index is 2.18. The highest BCUT2D eigenvalue weighted by molar-refractivity contribution is 5.74. The van der Waals surface area contributed by atoms with Gasteiger partial charge in [-0.25, -0.2) is 4.79 Å². The summed E-state index contributed by atoms with van der Waals surface area (Å²) < 4.78 is 38.2. The second-order valence-electron chi connectivity index (χ2n) is 5.27. The lowest BCUT2D eigenvalue weighted by atomic mass is 10.1. The fourth-order valence-corrected chi connectivity index (χ4v) is 2.53. The van der Waals surface area contributed by atoms with Crippen LogP contribution in [0.15, 0.2) is 18.2 Å². The Labute approximate surface area is 136 Å². The van der Waals surface area contributed by atoms with Crippen molar-refractivity contribution in [1.82, 2.24) is 10.2 Å². The molecule has 0 aromatic heterocycles. The number of alkyl halides is 3. The van der Waals surface area contributed by atoms with Crippen molar-refractivity contribution in [1.29, 1.82) is 0 Å². The maximum absolute atomic E-state index is 12.7.